The summed E-state index contributed by atoms with van der Waals surface area (Å²) in [5.74, 6) is -1.96. The highest BCUT2D eigenvalue weighted by molar-refractivity contribution is 6.46. The first-order valence-electron chi connectivity index (χ1n) is 9.96. The summed E-state index contributed by atoms with van der Waals surface area (Å²) in [5.41, 5.74) is 2.52. The zero-order valence-electron chi connectivity index (χ0n) is 17.0. The number of aryl methyl sites for hydroxylation is 2. The van der Waals surface area contributed by atoms with Gasteiger partial charge < -0.3 is 10.0 Å². The van der Waals surface area contributed by atoms with E-state index in [0.29, 0.717) is 17.7 Å². The van der Waals surface area contributed by atoms with Gasteiger partial charge >= 0.3 is 0 Å². The van der Waals surface area contributed by atoms with Gasteiger partial charge in [-0.1, -0.05) is 49.6 Å². The van der Waals surface area contributed by atoms with Gasteiger partial charge in [-0.15, -0.1) is 0 Å². The Morgan fingerprint density at radius 1 is 1.10 bits per heavy atom. The minimum absolute atomic E-state index is 0.0584. The van der Waals surface area contributed by atoms with E-state index in [1.807, 2.05) is 31.2 Å². The molecule has 0 spiro atoms. The Kier molecular flexibility index (Phi) is 6.16. The molecular weight excluding hydrogens is 369 g/mol. The molecule has 1 aliphatic heterocycles. The molecule has 1 fully saturated rings. The predicted octanol–water partition coefficient (Wildman–Crippen LogP) is 5.05. The van der Waals surface area contributed by atoms with Crippen molar-refractivity contribution >= 4 is 17.4 Å². The first-order chi connectivity index (χ1) is 13.8. The second kappa shape index (κ2) is 8.60. The van der Waals surface area contributed by atoms with E-state index < -0.39 is 23.5 Å². The van der Waals surface area contributed by atoms with Crippen molar-refractivity contribution in [3.63, 3.8) is 0 Å². The number of carbonyl (C=O) groups is 2. The largest absolute Gasteiger partial charge is 0.507 e. The van der Waals surface area contributed by atoms with Crippen molar-refractivity contribution in [2.75, 3.05) is 6.54 Å². The fraction of sp³-hybridized carbons (Fsp3) is 0.333. The molecule has 1 unspecified atom stereocenters. The van der Waals surface area contributed by atoms with Gasteiger partial charge in [0.05, 0.1) is 11.6 Å². The molecule has 152 valence electrons. The molecule has 29 heavy (non-hydrogen) atoms. The summed E-state index contributed by atoms with van der Waals surface area (Å²) in [7, 11) is 0. The highest BCUT2D eigenvalue weighted by Crippen LogP contribution is 2.39. The van der Waals surface area contributed by atoms with Crippen molar-refractivity contribution in [3.05, 3.63) is 76.1 Å². The van der Waals surface area contributed by atoms with Crippen molar-refractivity contribution in [3.8, 4) is 0 Å². The lowest BCUT2D eigenvalue weighted by Crippen LogP contribution is -2.30. The van der Waals surface area contributed by atoms with E-state index in [1.54, 1.807) is 11.8 Å². The third kappa shape index (κ3) is 4.09. The monoisotopic (exact) mass is 395 g/mol. The number of likely N-dealkylation sites (tertiary alicyclic amines) is 1. The Labute approximate surface area is 170 Å². The van der Waals surface area contributed by atoms with Gasteiger partial charge in [-0.2, -0.15) is 0 Å². The summed E-state index contributed by atoms with van der Waals surface area (Å²) in [6, 6.07) is 11.1. The number of hydrogen-bond acceptors (Lipinski definition) is 3. The number of Topliss-reactive ketones (excluding diaryl/α,β-unsaturated/α-hetero) is 1. The molecule has 1 amide bonds. The second-order valence-corrected chi connectivity index (χ2v) is 7.58. The van der Waals surface area contributed by atoms with E-state index in [2.05, 4.69) is 6.92 Å². The maximum absolute atomic E-state index is 13.7. The normalized spacial score (nSPS) is 18.5. The Morgan fingerprint density at radius 3 is 2.52 bits per heavy atom. The maximum Gasteiger partial charge on any atom is 0.295 e. The first-order valence-corrected chi connectivity index (χ1v) is 9.96. The molecule has 1 aliphatic rings. The molecule has 0 aliphatic carbocycles. The van der Waals surface area contributed by atoms with Crippen LogP contribution in [-0.4, -0.2) is 28.2 Å². The zero-order chi connectivity index (χ0) is 21.1. The maximum atomic E-state index is 13.7. The average molecular weight is 395 g/mol. The number of aliphatic hydroxyl groups excluding tert-OH is 1. The predicted molar refractivity (Wildman–Crippen MR) is 111 cm³/mol. The number of aliphatic hydroxyl groups is 1. The number of nitrogens with zero attached hydrogens (tertiary/aromatic N) is 1. The van der Waals surface area contributed by atoms with Crippen LogP contribution in [0.4, 0.5) is 4.39 Å². The lowest BCUT2D eigenvalue weighted by molar-refractivity contribution is -0.139. The fourth-order valence-corrected chi connectivity index (χ4v) is 3.78. The highest BCUT2D eigenvalue weighted by atomic mass is 19.1. The Balaban J connectivity index is 2.14. The van der Waals surface area contributed by atoms with E-state index in [4.69, 9.17) is 0 Å². The smallest absolute Gasteiger partial charge is 0.295 e. The number of unbranched alkanes of at least 4 members (excludes halogenated alkanes) is 2. The molecule has 3 rings (SSSR count). The Morgan fingerprint density at radius 2 is 1.86 bits per heavy atom. The summed E-state index contributed by atoms with van der Waals surface area (Å²) in [6.45, 7) is 6.04. The lowest BCUT2D eigenvalue weighted by Gasteiger charge is -2.25. The first kappa shape index (κ1) is 20.8. The molecular formula is C24H26FNO3. The summed E-state index contributed by atoms with van der Waals surface area (Å²) < 4.78 is 13.7. The second-order valence-electron chi connectivity index (χ2n) is 7.58. The zero-order valence-corrected chi connectivity index (χ0v) is 17.0. The van der Waals surface area contributed by atoms with Crippen LogP contribution in [0, 0.1) is 19.7 Å². The van der Waals surface area contributed by atoms with E-state index in [-0.39, 0.29) is 11.3 Å². The van der Waals surface area contributed by atoms with Crippen LogP contribution in [-0.2, 0) is 9.59 Å². The van der Waals surface area contributed by atoms with Crippen LogP contribution < -0.4 is 0 Å². The van der Waals surface area contributed by atoms with Gasteiger partial charge in [0, 0.05) is 12.1 Å². The topological polar surface area (TPSA) is 57.6 Å². The van der Waals surface area contributed by atoms with Crippen LogP contribution in [0.1, 0.15) is 54.5 Å². The molecule has 0 radical (unpaired) electrons. The number of benzene rings is 2. The van der Waals surface area contributed by atoms with Gasteiger partial charge in [-0.25, -0.2) is 4.39 Å². The Hall–Kier alpha value is -2.95. The third-order valence-electron chi connectivity index (χ3n) is 5.33. The molecule has 0 bridgehead atoms. The highest BCUT2D eigenvalue weighted by Gasteiger charge is 2.45. The van der Waals surface area contributed by atoms with E-state index in [9.17, 15) is 19.1 Å². The Bertz CT molecular complexity index is 980. The number of halogens is 1. The fourth-order valence-electron chi connectivity index (χ4n) is 3.78. The van der Waals surface area contributed by atoms with Crippen molar-refractivity contribution < 1.29 is 19.1 Å². The van der Waals surface area contributed by atoms with E-state index in [1.165, 1.54) is 18.2 Å². The van der Waals surface area contributed by atoms with Crippen molar-refractivity contribution in [1.82, 2.24) is 4.90 Å². The number of ketones is 1. The van der Waals surface area contributed by atoms with E-state index >= 15 is 0 Å². The van der Waals surface area contributed by atoms with Gasteiger partial charge in [0.2, 0.25) is 0 Å². The van der Waals surface area contributed by atoms with Crippen LogP contribution in [0.15, 0.2) is 48.0 Å². The molecule has 0 aromatic heterocycles. The molecule has 4 nitrogen and oxygen atoms in total. The van der Waals surface area contributed by atoms with Crippen LogP contribution in [0.2, 0.25) is 0 Å². The minimum atomic E-state index is -0.701. The molecule has 2 aromatic carbocycles. The van der Waals surface area contributed by atoms with E-state index in [0.717, 1.165) is 30.4 Å². The molecule has 1 saturated heterocycles. The van der Waals surface area contributed by atoms with Crippen LogP contribution in [0.25, 0.3) is 5.76 Å². The van der Waals surface area contributed by atoms with Gasteiger partial charge in [-0.3, -0.25) is 9.59 Å². The van der Waals surface area contributed by atoms with Gasteiger partial charge in [0.15, 0.2) is 0 Å². The number of rotatable bonds is 6. The van der Waals surface area contributed by atoms with Crippen molar-refractivity contribution in [2.45, 2.75) is 46.1 Å². The lowest BCUT2D eigenvalue weighted by atomic mass is 9.94. The molecule has 1 atom stereocenters. The SMILES string of the molecule is CCCCCN1C(=O)C(=O)/C(=C(\O)c2ccc(F)c(C)c2)C1c1cccc(C)c1. The number of carbonyl (C=O) groups excluding carboxylic acids is 2. The quantitative estimate of drug-likeness (QED) is 0.322. The van der Waals surface area contributed by atoms with Gasteiger partial charge in [0.1, 0.15) is 11.6 Å². The molecule has 1 heterocycles. The molecule has 5 heteroatoms. The van der Waals surface area contributed by atoms with Gasteiger partial charge in [-0.05, 0) is 49.6 Å². The minimum Gasteiger partial charge on any atom is -0.507 e. The summed E-state index contributed by atoms with van der Waals surface area (Å²) >= 11 is 0. The molecule has 0 saturated carbocycles. The van der Waals surface area contributed by atoms with Crippen LogP contribution in [0.3, 0.4) is 0 Å². The average Bonchev–Trinajstić information content (AvgIpc) is 2.94. The van der Waals surface area contributed by atoms with Gasteiger partial charge in [0.25, 0.3) is 11.7 Å². The summed E-state index contributed by atoms with van der Waals surface area (Å²) in [4.78, 5) is 27.3. The number of amides is 1. The standard InChI is InChI=1S/C24H26FNO3/c1-4-5-6-12-26-21(17-9-7-8-15(2)13-17)20(23(28)24(26)29)22(27)18-10-11-19(25)16(3)14-18/h7-11,13-14,21,27H,4-6,12H2,1-3H3/b22-20-. The van der Waals surface area contributed by atoms with Crippen LogP contribution in [0.5, 0.6) is 0 Å². The van der Waals surface area contributed by atoms with Crippen molar-refractivity contribution in [2.24, 2.45) is 0 Å². The van der Waals surface area contributed by atoms with Crippen molar-refractivity contribution in [1.29, 1.82) is 0 Å². The number of hydrogen-bond donors (Lipinski definition) is 1. The summed E-state index contributed by atoms with van der Waals surface area (Å²) in [5, 5.41) is 11.0. The molecule has 2 aromatic rings. The molecule has 1 N–H and O–H groups in total. The summed E-state index contributed by atoms with van der Waals surface area (Å²) in [6.07, 6.45) is 2.72. The van der Waals surface area contributed by atoms with Crippen LogP contribution >= 0.6 is 0 Å². The third-order valence-corrected chi connectivity index (χ3v) is 5.33.